The van der Waals surface area contributed by atoms with E-state index in [1.54, 1.807) is 4.90 Å². The Bertz CT molecular complexity index is 530. The monoisotopic (exact) mass is 290 g/mol. The molecule has 0 saturated carbocycles. The number of benzene rings is 1. The number of fused-ring (bicyclic) bond motifs is 1. The molecule has 5 nitrogen and oxygen atoms in total. The van der Waals surface area contributed by atoms with Crippen molar-refractivity contribution in [2.45, 2.75) is 39.2 Å². The van der Waals surface area contributed by atoms with E-state index >= 15 is 0 Å². The molecule has 5 heteroatoms. The maximum Gasteiger partial charge on any atom is 0.322 e. The van der Waals surface area contributed by atoms with Gasteiger partial charge >= 0.3 is 12.0 Å². The molecule has 2 N–H and O–H groups in total. The van der Waals surface area contributed by atoms with Crippen molar-refractivity contribution in [3.05, 3.63) is 29.8 Å². The highest BCUT2D eigenvalue weighted by Gasteiger charge is 2.31. The van der Waals surface area contributed by atoms with Crippen LogP contribution in [0.1, 0.15) is 32.3 Å². The molecule has 1 aromatic carbocycles. The van der Waals surface area contributed by atoms with Crippen molar-refractivity contribution in [2.24, 2.45) is 5.92 Å². The average molecular weight is 290 g/mol. The Labute approximate surface area is 125 Å². The molecule has 2 unspecified atom stereocenters. The van der Waals surface area contributed by atoms with Crippen molar-refractivity contribution < 1.29 is 14.7 Å². The summed E-state index contributed by atoms with van der Waals surface area (Å²) in [5.41, 5.74) is 2.08. The quantitative estimate of drug-likeness (QED) is 0.876. The van der Waals surface area contributed by atoms with E-state index in [0.29, 0.717) is 6.42 Å². The average Bonchev–Trinajstić information content (AvgIpc) is 2.78. The van der Waals surface area contributed by atoms with Gasteiger partial charge in [-0.1, -0.05) is 31.5 Å². The number of para-hydroxylation sites is 1. The highest BCUT2D eigenvalue weighted by molar-refractivity contribution is 5.95. The Morgan fingerprint density at radius 2 is 2.14 bits per heavy atom. The standard InChI is InChI=1S/C16H22N2O3/c1-3-6-13(15(19)20)10-17-16(21)18-11(2)9-12-7-4-5-8-14(12)18/h4-5,7-8,11,13H,3,6,9-10H2,1-2H3,(H,17,21)(H,19,20). The first-order chi connectivity index (χ1) is 10.0. The number of nitrogens with zero attached hydrogens (tertiary/aromatic N) is 1. The molecule has 0 spiro atoms. The van der Waals surface area contributed by atoms with Gasteiger partial charge in [0.15, 0.2) is 0 Å². The van der Waals surface area contributed by atoms with Crippen molar-refractivity contribution in [3.8, 4) is 0 Å². The van der Waals surface area contributed by atoms with Crippen LogP contribution in [0.4, 0.5) is 10.5 Å². The summed E-state index contributed by atoms with van der Waals surface area (Å²) in [6, 6.07) is 7.71. The minimum Gasteiger partial charge on any atom is -0.481 e. The first kappa shape index (κ1) is 15.4. The van der Waals surface area contributed by atoms with Crippen molar-refractivity contribution in [1.29, 1.82) is 0 Å². The molecule has 0 saturated heterocycles. The molecule has 2 rings (SSSR count). The van der Waals surface area contributed by atoms with Crippen LogP contribution in [0, 0.1) is 5.92 Å². The summed E-state index contributed by atoms with van der Waals surface area (Å²) in [4.78, 5) is 25.2. The lowest BCUT2D eigenvalue weighted by molar-refractivity contribution is -0.141. The Morgan fingerprint density at radius 1 is 1.43 bits per heavy atom. The van der Waals surface area contributed by atoms with Gasteiger partial charge in [-0.15, -0.1) is 0 Å². The summed E-state index contributed by atoms with van der Waals surface area (Å²) in [6.45, 7) is 4.12. The third-order valence-electron chi connectivity index (χ3n) is 3.91. The van der Waals surface area contributed by atoms with E-state index in [1.165, 1.54) is 0 Å². The van der Waals surface area contributed by atoms with Gasteiger partial charge < -0.3 is 10.4 Å². The zero-order chi connectivity index (χ0) is 15.4. The number of rotatable bonds is 5. The van der Waals surface area contributed by atoms with Crippen molar-refractivity contribution >= 4 is 17.7 Å². The third kappa shape index (κ3) is 3.35. The fourth-order valence-corrected chi connectivity index (χ4v) is 2.83. The van der Waals surface area contributed by atoms with Crippen molar-refractivity contribution in [2.75, 3.05) is 11.4 Å². The predicted molar refractivity (Wildman–Crippen MR) is 81.5 cm³/mol. The molecule has 1 aliphatic rings. The zero-order valence-corrected chi connectivity index (χ0v) is 12.5. The first-order valence-electron chi connectivity index (χ1n) is 7.42. The van der Waals surface area contributed by atoms with Gasteiger partial charge in [0.05, 0.1) is 5.92 Å². The van der Waals surface area contributed by atoms with Crippen LogP contribution in [0.5, 0.6) is 0 Å². The lowest BCUT2D eigenvalue weighted by atomic mass is 10.0. The second kappa shape index (κ2) is 6.61. The van der Waals surface area contributed by atoms with Gasteiger partial charge in [-0.2, -0.15) is 0 Å². The number of aliphatic carboxylic acids is 1. The summed E-state index contributed by atoms with van der Waals surface area (Å²) < 4.78 is 0. The zero-order valence-electron chi connectivity index (χ0n) is 12.5. The van der Waals surface area contributed by atoms with Crippen LogP contribution in [0.2, 0.25) is 0 Å². The SMILES string of the molecule is CCCC(CNC(=O)N1c2ccccc2CC1C)C(=O)O. The predicted octanol–water partition coefficient (Wildman–Crippen LogP) is 2.65. The third-order valence-corrected chi connectivity index (χ3v) is 3.91. The van der Waals surface area contributed by atoms with Crippen LogP contribution in [0.15, 0.2) is 24.3 Å². The smallest absolute Gasteiger partial charge is 0.322 e. The minimum absolute atomic E-state index is 0.0943. The molecule has 1 aromatic rings. The number of amides is 2. The van der Waals surface area contributed by atoms with E-state index < -0.39 is 11.9 Å². The van der Waals surface area contributed by atoms with E-state index in [0.717, 1.165) is 24.1 Å². The Morgan fingerprint density at radius 3 is 2.81 bits per heavy atom. The van der Waals surface area contributed by atoms with Crippen LogP contribution in [-0.2, 0) is 11.2 Å². The van der Waals surface area contributed by atoms with E-state index in [9.17, 15) is 9.59 Å². The Balaban J connectivity index is 2.02. The second-order valence-corrected chi connectivity index (χ2v) is 5.56. The topological polar surface area (TPSA) is 69.6 Å². The minimum atomic E-state index is -0.855. The summed E-state index contributed by atoms with van der Waals surface area (Å²) in [7, 11) is 0. The van der Waals surface area contributed by atoms with Gasteiger partial charge in [0, 0.05) is 18.3 Å². The number of hydrogen-bond donors (Lipinski definition) is 2. The molecule has 1 aliphatic heterocycles. The van der Waals surface area contributed by atoms with Crippen LogP contribution < -0.4 is 10.2 Å². The van der Waals surface area contributed by atoms with Gasteiger partial charge in [-0.05, 0) is 31.4 Å². The molecular weight excluding hydrogens is 268 g/mol. The second-order valence-electron chi connectivity index (χ2n) is 5.56. The van der Waals surface area contributed by atoms with Crippen molar-refractivity contribution in [3.63, 3.8) is 0 Å². The molecule has 0 aromatic heterocycles. The molecule has 1 heterocycles. The molecule has 0 bridgehead atoms. The largest absolute Gasteiger partial charge is 0.481 e. The highest BCUT2D eigenvalue weighted by Crippen LogP contribution is 2.31. The van der Waals surface area contributed by atoms with Crippen LogP contribution >= 0.6 is 0 Å². The number of carbonyl (C=O) groups excluding carboxylic acids is 1. The molecule has 114 valence electrons. The number of carboxylic acids is 1. The van der Waals surface area contributed by atoms with Gasteiger partial charge in [0.25, 0.3) is 0 Å². The summed E-state index contributed by atoms with van der Waals surface area (Å²) >= 11 is 0. The number of carboxylic acid groups (broad SMARTS) is 1. The lowest BCUT2D eigenvalue weighted by Gasteiger charge is -2.24. The molecule has 21 heavy (non-hydrogen) atoms. The van der Waals surface area contributed by atoms with E-state index in [-0.39, 0.29) is 18.6 Å². The van der Waals surface area contributed by atoms with E-state index in [4.69, 9.17) is 5.11 Å². The fraction of sp³-hybridized carbons (Fsp3) is 0.500. The van der Waals surface area contributed by atoms with Crippen LogP contribution in [-0.4, -0.2) is 29.7 Å². The summed E-state index contributed by atoms with van der Waals surface area (Å²) in [6.07, 6.45) is 2.19. The first-order valence-corrected chi connectivity index (χ1v) is 7.42. The van der Waals surface area contributed by atoms with Crippen LogP contribution in [0.3, 0.4) is 0 Å². The van der Waals surface area contributed by atoms with Crippen LogP contribution in [0.25, 0.3) is 0 Å². The number of nitrogens with one attached hydrogen (secondary N) is 1. The molecule has 0 fully saturated rings. The fourth-order valence-electron chi connectivity index (χ4n) is 2.83. The molecule has 0 radical (unpaired) electrons. The van der Waals surface area contributed by atoms with Gasteiger partial charge in [0.2, 0.25) is 0 Å². The number of urea groups is 1. The number of carbonyl (C=O) groups is 2. The maximum absolute atomic E-state index is 12.4. The van der Waals surface area contributed by atoms with Crippen molar-refractivity contribution in [1.82, 2.24) is 5.32 Å². The number of hydrogen-bond acceptors (Lipinski definition) is 2. The molecule has 2 amide bonds. The summed E-state index contributed by atoms with van der Waals surface area (Å²) in [5, 5.41) is 11.9. The molecule has 2 atom stereocenters. The Hall–Kier alpha value is -2.04. The van der Waals surface area contributed by atoms with Gasteiger partial charge in [-0.3, -0.25) is 9.69 Å². The van der Waals surface area contributed by atoms with E-state index in [1.807, 2.05) is 38.1 Å². The summed E-state index contributed by atoms with van der Waals surface area (Å²) in [5.74, 6) is -1.38. The Kier molecular flexibility index (Phi) is 4.83. The van der Waals surface area contributed by atoms with Gasteiger partial charge in [-0.25, -0.2) is 4.79 Å². The maximum atomic E-state index is 12.4. The number of anilines is 1. The highest BCUT2D eigenvalue weighted by atomic mass is 16.4. The normalized spacial score (nSPS) is 18.2. The molecular formula is C16H22N2O3. The lowest BCUT2D eigenvalue weighted by Crippen LogP contribution is -2.45. The molecule has 0 aliphatic carbocycles. The van der Waals surface area contributed by atoms with E-state index in [2.05, 4.69) is 5.32 Å². The van der Waals surface area contributed by atoms with Gasteiger partial charge in [0.1, 0.15) is 0 Å².